The van der Waals surface area contributed by atoms with Gasteiger partial charge in [0.25, 0.3) is 0 Å². The molecule has 1 atom stereocenters. The molecule has 1 amide bonds. The second-order valence-electron chi connectivity index (χ2n) is 10.9. The standard InChI is InChI=1S/C22H45NO4/c1-17(16-22(10,11)27-18(24)23-19(2,3)4)12-13-21(8,9)26-15-14-25-20(5,6)7/h17H,12-16H2,1-11H3,(H,23,24). The molecule has 1 N–H and O–H groups in total. The third kappa shape index (κ3) is 15.9. The predicted octanol–water partition coefficient (Wildman–Crippen LogP) is 5.71. The molecule has 0 spiro atoms. The highest BCUT2D eigenvalue weighted by atomic mass is 16.6. The Labute approximate surface area is 167 Å². The van der Waals surface area contributed by atoms with E-state index in [1.807, 2.05) is 55.4 Å². The van der Waals surface area contributed by atoms with Gasteiger partial charge in [0.1, 0.15) is 5.60 Å². The lowest BCUT2D eigenvalue weighted by Gasteiger charge is -2.32. The first kappa shape index (κ1) is 26.2. The lowest BCUT2D eigenvalue weighted by molar-refractivity contribution is -0.0830. The summed E-state index contributed by atoms with van der Waals surface area (Å²) in [4.78, 5) is 12.0. The van der Waals surface area contributed by atoms with E-state index in [2.05, 4.69) is 26.1 Å². The number of carbonyl (C=O) groups excluding carboxylic acids is 1. The summed E-state index contributed by atoms with van der Waals surface area (Å²) in [6, 6.07) is 0. The topological polar surface area (TPSA) is 56.8 Å². The quantitative estimate of drug-likeness (QED) is 0.488. The Morgan fingerprint density at radius 3 is 1.85 bits per heavy atom. The molecule has 0 aliphatic heterocycles. The van der Waals surface area contributed by atoms with Gasteiger partial charge >= 0.3 is 6.09 Å². The van der Waals surface area contributed by atoms with E-state index >= 15 is 0 Å². The van der Waals surface area contributed by atoms with Crippen LogP contribution in [-0.2, 0) is 14.2 Å². The Morgan fingerprint density at radius 2 is 1.37 bits per heavy atom. The molecule has 5 heteroatoms. The number of nitrogens with one attached hydrogen (secondary N) is 1. The largest absolute Gasteiger partial charge is 0.444 e. The van der Waals surface area contributed by atoms with Crippen LogP contribution in [0.25, 0.3) is 0 Å². The number of alkyl carbamates (subject to hydrolysis) is 1. The molecule has 5 nitrogen and oxygen atoms in total. The molecule has 0 heterocycles. The van der Waals surface area contributed by atoms with Crippen molar-refractivity contribution in [2.75, 3.05) is 13.2 Å². The Bertz CT molecular complexity index is 444. The average Bonchev–Trinajstić information content (AvgIpc) is 2.37. The number of amides is 1. The van der Waals surface area contributed by atoms with Gasteiger partial charge in [-0.05, 0) is 94.4 Å². The molecule has 0 radical (unpaired) electrons. The van der Waals surface area contributed by atoms with Crippen LogP contribution in [0.15, 0.2) is 0 Å². The zero-order valence-corrected chi connectivity index (χ0v) is 19.7. The van der Waals surface area contributed by atoms with Gasteiger partial charge in [-0.15, -0.1) is 0 Å². The lowest BCUT2D eigenvalue weighted by Crippen LogP contribution is -2.44. The van der Waals surface area contributed by atoms with Crippen molar-refractivity contribution in [3.63, 3.8) is 0 Å². The van der Waals surface area contributed by atoms with Gasteiger partial charge in [-0.3, -0.25) is 0 Å². The fraction of sp³-hybridized carbons (Fsp3) is 0.955. The van der Waals surface area contributed by atoms with Crippen LogP contribution in [0.3, 0.4) is 0 Å². The molecular formula is C22H45NO4. The molecule has 27 heavy (non-hydrogen) atoms. The maximum absolute atomic E-state index is 12.0. The van der Waals surface area contributed by atoms with Gasteiger partial charge in [0, 0.05) is 5.54 Å². The SMILES string of the molecule is CC(CCC(C)(C)OCCOC(C)(C)C)CC(C)(C)OC(=O)NC(C)(C)C. The number of ether oxygens (including phenoxy) is 3. The molecule has 162 valence electrons. The summed E-state index contributed by atoms with van der Waals surface area (Å²) in [5.41, 5.74) is -1.12. The van der Waals surface area contributed by atoms with Gasteiger partial charge in [-0.1, -0.05) is 6.92 Å². The minimum absolute atomic E-state index is 0.132. The van der Waals surface area contributed by atoms with E-state index in [0.717, 1.165) is 19.3 Å². The molecule has 0 aromatic heterocycles. The van der Waals surface area contributed by atoms with Crippen LogP contribution < -0.4 is 5.32 Å². The summed E-state index contributed by atoms with van der Waals surface area (Å²) < 4.78 is 17.3. The van der Waals surface area contributed by atoms with Gasteiger partial charge < -0.3 is 19.5 Å². The van der Waals surface area contributed by atoms with Crippen LogP contribution in [0, 0.1) is 5.92 Å². The third-order valence-electron chi connectivity index (χ3n) is 4.04. The highest BCUT2D eigenvalue weighted by molar-refractivity contribution is 5.68. The van der Waals surface area contributed by atoms with Gasteiger partial charge in [0.15, 0.2) is 0 Å². The van der Waals surface area contributed by atoms with Crippen molar-refractivity contribution in [1.82, 2.24) is 5.32 Å². The third-order valence-corrected chi connectivity index (χ3v) is 4.04. The van der Waals surface area contributed by atoms with Crippen molar-refractivity contribution in [2.45, 2.75) is 118 Å². The maximum atomic E-state index is 12.0. The van der Waals surface area contributed by atoms with Crippen molar-refractivity contribution in [3.05, 3.63) is 0 Å². The zero-order valence-electron chi connectivity index (χ0n) is 19.7. The molecule has 0 aromatic carbocycles. The first-order valence-electron chi connectivity index (χ1n) is 10.2. The molecule has 1 unspecified atom stereocenters. The summed E-state index contributed by atoms with van der Waals surface area (Å²) in [5, 5.41) is 2.85. The molecular weight excluding hydrogens is 342 g/mol. The second kappa shape index (κ2) is 10.1. The zero-order chi connectivity index (χ0) is 21.5. The molecule has 0 aromatic rings. The number of rotatable bonds is 10. The molecule has 0 fully saturated rings. The van der Waals surface area contributed by atoms with E-state index in [4.69, 9.17) is 14.2 Å². The van der Waals surface area contributed by atoms with Crippen LogP contribution >= 0.6 is 0 Å². The summed E-state index contributed by atoms with van der Waals surface area (Å²) in [5.74, 6) is 0.427. The Morgan fingerprint density at radius 1 is 0.852 bits per heavy atom. The minimum atomic E-state index is -0.500. The molecule has 0 saturated heterocycles. The van der Waals surface area contributed by atoms with Crippen LogP contribution in [0.1, 0.15) is 95.4 Å². The van der Waals surface area contributed by atoms with Crippen LogP contribution in [0.5, 0.6) is 0 Å². The summed E-state index contributed by atoms with van der Waals surface area (Å²) in [7, 11) is 0. The van der Waals surface area contributed by atoms with Crippen molar-refractivity contribution in [3.8, 4) is 0 Å². The van der Waals surface area contributed by atoms with Crippen molar-refractivity contribution in [2.24, 2.45) is 5.92 Å². The van der Waals surface area contributed by atoms with E-state index < -0.39 is 5.60 Å². The maximum Gasteiger partial charge on any atom is 0.408 e. The highest BCUT2D eigenvalue weighted by Crippen LogP contribution is 2.27. The molecule has 0 aliphatic rings. The summed E-state index contributed by atoms with van der Waals surface area (Å²) >= 11 is 0. The van der Waals surface area contributed by atoms with Gasteiger partial charge in [-0.2, -0.15) is 0 Å². The normalized spacial score (nSPS) is 14.8. The van der Waals surface area contributed by atoms with Crippen LogP contribution in [0.4, 0.5) is 4.79 Å². The smallest absolute Gasteiger partial charge is 0.408 e. The monoisotopic (exact) mass is 387 g/mol. The van der Waals surface area contributed by atoms with Crippen LogP contribution in [-0.4, -0.2) is 41.6 Å². The molecule has 0 saturated carbocycles. The molecule has 0 bridgehead atoms. The van der Waals surface area contributed by atoms with E-state index in [9.17, 15) is 4.79 Å². The first-order chi connectivity index (χ1) is 11.9. The van der Waals surface area contributed by atoms with Crippen LogP contribution in [0.2, 0.25) is 0 Å². The van der Waals surface area contributed by atoms with E-state index in [1.165, 1.54) is 0 Å². The predicted molar refractivity (Wildman–Crippen MR) is 112 cm³/mol. The lowest BCUT2D eigenvalue weighted by atomic mass is 9.88. The van der Waals surface area contributed by atoms with Gasteiger partial charge in [0.2, 0.25) is 0 Å². The molecule has 0 aliphatic carbocycles. The molecule has 0 rings (SSSR count). The van der Waals surface area contributed by atoms with E-state index in [1.54, 1.807) is 0 Å². The number of hydrogen-bond acceptors (Lipinski definition) is 4. The van der Waals surface area contributed by atoms with E-state index in [-0.39, 0.29) is 22.8 Å². The van der Waals surface area contributed by atoms with Gasteiger partial charge in [-0.25, -0.2) is 4.79 Å². The summed E-state index contributed by atoms with van der Waals surface area (Å²) in [6.07, 6.45) is 2.42. The Balaban J connectivity index is 4.27. The van der Waals surface area contributed by atoms with Crippen molar-refractivity contribution >= 4 is 6.09 Å². The van der Waals surface area contributed by atoms with Gasteiger partial charge in [0.05, 0.1) is 24.4 Å². The minimum Gasteiger partial charge on any atom is -0.444 e. The Hall–Kier alpha value is -0.810. The first-order valence-corrected chi connectivity index (χ1v) is 10.2. The highest BCUT2D eigenvalue weighted by Gasteiger charge is 2.28. The second-order valence-corrected chi connectivity index (χ2v) is 10.9. The number of carbonyl (C=O) groups is 1. The fourth-order valence-electron chi connectivity index (χ4n) is 2.90. The van der Waals surface area contributed by atoms with Crippen molar-refractivity contribution < 1.29 is 19.0 Å². The van der Waals surface area contributed by atoms with E-state index in [0.29, 0.717) is 19.1 Å². The Kier molecular flexibility index (Phi) is 9.80. The fourth-order valence-corrected chi connectivity index (χ4v) is 2.90. The summed E-state index contributed by atoms with van der Waals surface area (Å²) in [6.45, 7) is 23.6. The van der Waals surface area contributed by atoms with Crippen molar-refractivity contribution in [1.29, 1.82) is 0 Å². The average molecular weight is 388 g/mol. The number of hydrogen-bond donors (Lipinski definition) is 1.